The molecule has 3 aromatic rings. The number of anilines is 1. The smallest absolute Gasteiger partial charge is 0.270 e. The highest BCUT2D eigenvalue weighted by atomic mass is 32.2. The van der Waals surface area contributed by atoms with Crippen LogP contribution < -0.4 is 15.0 Å². The van der Waals surface area contributed by atoms with E-state index in [2.05, 4.69) is 22.3 Å². The molecule has 0 radical (unpaired) electrons. The number of hydrogen-bond acceptors (Lipinski definition) is 5. The van der Waals surface area contributed by atoms with E-state index in [0.717, 1.165) is 48.6 Å². The second kappa shape index (κ2) is 8.83. The number of carbonyl (C=O) groups is 1. The maximum Gasteiger partial charge on any atom is 0.270 e. The number of imidazole rings is 1. The molecule has 1 aromatic carbocycles. The molecular weight excluding hydrogens is 408 g/mol. The Labute approximate surface area is 187 Å². The Morgan fingerprint density at radius 2 is 1.94 bits per heavy atom. The summed E-state index contributed by atoms with van der Waals surface area (Å²) in [6, 6.07) is 12.3. The average molecular weight is 437 g/mol. The number of pyridine rings is 1. The van der Waals surface area contributed by atoms with Gasteiger partial charge >= 0.3 is 0 Å². The van der Waals surface area contributed by atoms with E-state index in [1.807, 2.05) is 53.5 Å². The Kier molecular flexibility index (Phi) is 5.76. The van der Waals surface area contributed by atoms with Crippen molar-refractivity contribution in [3.05, 3.63) is 59.5 Å². The largest absolute Gasteiger partial charge is 0.492 e. The molecule has 1 saturated carbocycles. The van der Waals surface area contributed by atoms with Crippen molar-refractivity contribution in [2.45, 2.75) is 25.7 Å². The van der Waals surface area contributed by atoms with Crippen LogP contribution in [0.2, 0.25) is 0 Å². The highest BCUT2D eigenvalue weighted by molar-refractivity contribution is 7.99. The lowest BCUT2D eigenvalue weighted by molar-refractivity contribution is 0.0940. The molecule has 0 atom stereocenters. The predicted molar refractivity (Wildman–Crippen MR) is 126 cm³/mol. The first-order valence-electron chi connectivity index (χ1n) is 11.0. The number of ether oxygens (including phenoxy) is 1. The molecule has 2 fully saturated rings. The fourth-order valence-electron chi connectivity index (χ4n) is 4.03. The number of aromatic nitrogens is 2. The number of thioether (sulfide) groups is 1. The molecule has 1 aliphatic heterocycles. The normalized spacial score (nSPS) is 16.5. The first-order chi connectivity index (χ1) is 15.2. The summed E-state index contributed by atoms with van der Waals surface area (Å²) in [4.78, 5) is 20.1. The summed E-state index contributed by atoms with van der Waals surface area (Å²) < 4.78 is 7.78. The van der Waals surface area contributed by atoms with Gasteiger partial charge in [-0.05, 0) is 55.7 Å². The van der Waals surface area contributed by atoms with E-state index < -0.39 is 0 Å². The highest BCUT2D eigenvalue weighted by Gasteiger charge is 2.32. The van der Waals surface area contributed by atoms with Gasteiger partial charge < -0.3 is 15.0 Å². The molecule has 1 N–H and O–H groups in total. The third kappa shape index (κ3) is 4.51. The molecule has 2 aliphatic rings. The summed E-state index contributed by atoms with van der Waals surface area (Å²) in [6.45, 7) is 5.11. The van der Waals surface area contributed by atoms with Gasteiger partial charge in [0.15, 0.2) is 0 Å². The Balaban J connectivity index is 1.18. The van der Waals surface area contributed by atoms with Crippen LogP contribution in [0, 0.1) is 6.92 Å². The van der Waals surface area contributed by atoms with Crippen LogP contribution in [0.3, 0.4) is 0 Å². The quantitative estimate of drug-likeness (QED) is 0.570. The lowest BCUT2D eigenvalue weighted by Crippen LogP contribution is -2.32. The van der Waals surface area contributed by atoms with E-state index in [1.54, 1.807) is 0 Å². The number of rotatable bonds is 7. The Bertz CT molecular complexity index is 1070. The first kappa shape index (κ1) is 20.2. The standard InChI is InChI=1S/C24H28N4O2S/c1-17-2-9-21-26-22(18-3-4-18)23(28(21)16-17)24(29)25-10-13-30-20-7-5-19(6-8-20)27-11-14-31-15-12-27/h2,5-9,16,18H,3-4,10-15H2,1H3,(H,25,29). The Morgan fingerprint density at radius 1 is 1.16 bits per heavy atom. The lowest BCUT2D eigenvalue weighted by Gasteiger charge is -2.28. The monoisotopic (exact) mass is 436 g/mol. The number of fused-ring (bicyclic) bond motifs is 1. The fraction of sp³-hybridized carbons (Fsp3) is 0.417. The van der Waals surface area contributed by atoms with Crippen molar-refractivity contribution < 1.29 is 9.53 Å². The van der Waals surface area contributed by atoms with E-state index in [9.17, 15) is 4.79 Å². The van der Waals surface area contributed by atoms with Crippen LogP contribution in [0.5, 0.6) is 5.75 Å². The van der Waals surface area contributed by atoms with Gasteiger partial charge in [0.1, 0.15) is 23.7 Å². The van der Waals surface area contributed by atoms with Crippen LogP contribution in [0.15, 0.2) is 42.6 Å². The number of hydrogen-bond donors (Lipinski definition) is 1. The van der Waals surface area contributed by atoms with Crippen molar-refractivity contribution in [3.8, 4) is 5.75 Å². The van der Waals surface area contributed by atoms with E-state index in [0.29, 0.717) is 24.8 Å². The summed E-state index contributed by atoms with van der Waals surface area (Å²) in [6.07, 6.45) is 4.21. The number of carbonyl (C=O) groups excluding carboxylic acids is 1. The minimum atomic E-state index is -0.0816. The molecule has 1 saturated heterocycles. The molecule has 3 heterocycles. The number of benzene rings is 1. The zero-order chi connectivity index (χ0) is 21.2. The number of nitrogens with zero attached hydrogens (tertiary/aromatic N) is 3. The molecule has 31 heavy (non-hydrogen) atoms. The van der Waals surface area contributed by atoms with E-state index in [4.69, 9.17) is 9.72 Å². The predicted octanol–water partition coefficient (Wildman–Crippen LogP) is 3.88. The van der Waals surface area contributed by atoms with Gasteiger partial charge in [-0.2, -0.15) is 11.8 Å². The first-order valence-corrected chi connectivity index (χ1v) is 12.2. The summed E-state index contributed by atoms with van der Waals surface area (Å²) in [5, 5.41) is 3.02. The average Bonchev–Trinajstić information content (AvgIpc) is 3.58. The van der Waals surface area contributed by atoms with Crippen molar-refractivity contribution in [1.29, 1.82) is 0 Å². The third-order valence-corrected chi connectivity index (χ3v) is 6.78. The summed E-state index contributed by atoms with van der Waals surface area (Å²) in [5.41, 5.74) is 4.79. The number of aryl methyl sites for hydroxylation is 1. The molecule has 5 rings (SSSR count). The van der Waals surface area contributed by atoms with Gasteiger partial charge in [0.05, 0.1) is 12.2 Å². The summed E-state index contributed by atoms with van der Waals surface area (Å²) >= 11 is 2.01. The molecule has 1 aliphatic carbocycles. The van der Waals surface area contributed by atoms with Gasteiger partial charge in [-0.1, -0.05) is 6.07 Å². The van der Waals surface area contributed by atoms with Crippen LogP contribution >= 0.6 is 11.8 Å². The molecule has 2 aromatic heterocycles. The number of amides is 1. The van der Waals surface area contributed by atoms with E-state index in [-0.39, 0.29) is 5.91 Å². The van der Waals surface area contributed by atoms with Gasteiger partial charge in [0.2, 0.25) is 0 Å². The molecular formula is C24H28N4O2S. The topological polar surface area (TPSA) is 58.9 Å². The summed E-state index contributed by atoms with van der Waals surface area (Å²) in [7, 11) is 0. The molecule has 162 valence electrons. The summed E-state index contributed by atoms with van der Waals surface area (Å²) in [5.74, 6) is 3.53. The maximum atomic E-state index is 13.0. The molecule has 6 nitrogen and oxygen atoms in total. The van der Waals surface area contributed by atoms with E-state index in [1.165, 1.54) is 17.2 Å². The van der Waals surface area contributed by atoms with Crippen molar-refractivity contribution >= 4 is 29.0 Å². The van der Waals surface area contributed by atoms with Gasteiger partial charge in [-0.15, -0.1) is 0 Å². The SMILES string of the molecule is Cc1ccc2nc(C3CC3)c(C(=O)NCCOc3ccc(N4CCSCC4)cc3)n2c1. The third-order valence-electron chi connectivity index (χ3n) is 5.84. The fourth-order valence-corrected chi connectivity index (χ4v) is 4.93. The Hall–Kier alpha value is -2.67. The van der Waals surface area contributed by atoms with Gasteiger partial charge in [0.25, 0.3) is 5.91 Å². The van der Waals surface area contributed by atoms with Crippen LogP contribution in [0.25, 0.3) is 5.65 Å². The van der Waals surface area contributed by atoms with Crippen LogP contribution in [0.4, 0.5) is 5.69 Å². The number of nitrogens with one attached hydrogen (secondary N) is 1. The van der Waals surface area contributed by atoms with Crippen molar-refractivity contribution in [3.63, 3.8) is 0 Å². The van der Waals surface area contributed by atoms with Gasteiger partial charge in [0, 0.05) is 42.4 Å². The second-order valence-corrected chi connectivity index (χ2v) is 9.48. The van der Waals surface area contributed by atoms with Gasteiger partial charge in [-0.25, -0.2) is 4.98 Å². The zero-order valence-electron chi connectivity index (χ0n) is 17.8. The minimum absolute atomic E-state index is 0.0816. The molecule has 0 bridgehead atoms. The highest BCUT2D eigenvalue weighted by Crippen LogP contribution is 2.41. The van der Waals surface area contributed by atoms with Crippen molar-refractivity contribution in [2.24, 2.45) is 0 Å². The molecule has 0 unspecified atom stereocenters. The van der Waals surface area contributed by atoms with Crippen LogP contribution in [-0.4, -0.2) is 53.0 Å². The second-order valence-electron chi connectivity index (χ2n) is 8.25. The lowest BCUT2D eigenvalue weighted by atomic mass is 10.2. The zero-order valence-corrected chi connectivity index (χ0v) is 18.7. The van der Waals surface area contributed by atoms with E-state index >= 15 is 0 Å². The van der Waals surface area contributed by atoms with Crippen LogP contribution in [-0.2, 0) is 0 Å². The molecule has 0 spiro atoms. The minimum Gasteiger partial charge on any atom is -0.492 e. The molecule has 1 amide bonds. The van der Waals surface area contributed by atoms with Crippen molar-refractivity contribution in [2.75, 3.05) is 42.6 Å². The maximum absolute atomic E-state index is 13.0. The van der Waals surface area contributed by atoms with Crippen molar-refractivity contribution in [1.82, 2.24) is 14.7 Å². The van der Waals surface area contributed by atoms with Crippen LogP contribution in [0.1, 0.15) is 40.5 Å². The Morgan fingerprint density at radius 3 is 2.68 bits per heavy atom. The molecule has 7 heteroatoms. The van der Waals surface area contributed by atoms with Gasteiger partial charge in [-0.3, -0.25) is 9.20 Å².